The van der Waals surface area contributed by atoms with Crippen molar-refractivity contribution in [1.82, 2.24) is 4.90 Å². The molecule has 0 aliphatic carbocycles. The molecule has 162 valence electrons. The van der Waals surface area contributed by atoms with Crippen LogP contribution in [0.25, 0.3) is 6.08 Å². The number of amides is 2. The van der Waals surface area contributed by atoms with Crippen molar-refractivity contribution >= 4 is 51.9 Å². The zero-order valence-corrected chi connectivity index (χ0v) is 18.8. The molecular formula is C22H21FN2O4S2. The molecule has 2 aromatic carbocycles. The Bertz CT molecular complexity index is 1040. The predicted octanol–water partition coefficient (Wildman–Crippen LogP) is 4.46. The molecule has 0 unspecified atom stereocenters. The third-order valence-electron chi connectivity index (χ3n) is 4.31. The number of carbonyl (C=O) groups excluding carboxylic acids is 2. The fourth-order valence-electron chi connectivity index (χ4n) is 2.84. The van der Waals surface area contributed by atoms with Gasteiger partial charge in [0, 0.05) is 11.7 Å². The van der Waals surface area contributed by atoms with E-state index >= 15 is 0 Å². The summed E-state index contributed by atoms with van der Waals surface area (Å²) < 4.78 is 24.4. The summed E-state index contributed by atoms with van der Waals surface area (Å²) in [6.45, 7) is 3.57. The minimum Gasteiger partial charge on any atom is -0.493 e. The molecule has 1 fully saturated rings. The van der Waals surface area contributed by atoms with Crippen LogP contribution in [-0.2, 0) is 9.59 Å². The first-order valence-corrected chi connectivity index (χ1v) is 10.6. The lowest BCUT2D eigenvalue weighted by Crippen LogP contribution is -2.34. The van der Waals surface area contributed by atoms with Crippen molar-refractivity contribution in [3.05, 3.63) is 58.8 Å². The molecule has 9 heteroatoms. The summed E-state index contributed by atoms with van der Waals surface area (Å²) in [5.41, 5.74) is 1.21. The van der Waals surface area contributed by atoms with Gasteiger partial charge < -0.3 is 14.8 Å². The molecule has 1 aliphatic heterocycles. The van der Waals surface area contributed by atoms with Crippen molar-refractivity contribution in [1.29, 1.82) is 0 Å². The Morgan fingerprint density at radius 3 is 2.55 bits per heavy atom. The van der Waals surface area contributed by atoms with E-state index in [2.05, 4.69) is 5.32 Å². The van der Waals surface area contributed by atoms with Crippen molar-refractivity contribution in [2.75, 3.05) is 19.0 Å². The maximum atomic E-state index is 12.9. The third-order valence-corrected chi connectivity index (χ3v) is 5.64. The number of thioether (sulfide) groups is 1. The van der Waals surface area contributed by atoms with Gasteiger partial charge >= 0.3 is 0 Å². The Kier molecular flexibility index (Phi) is 7.29. The molecule has 6 nitrogen and oxygen atoms in total. The fraction of sp³-hybridized carbons (Fsp3) is 0.227. The molecule has 1 heterocycles. The van der Waals surface area contributed by atoms with E-state index < -0.39 is 5.91 Å². The standard InChI is InChI=1S/C22H21FN2O4S2/c1-13(2)25-21(27)19(31-22(25)30)11-14-4-9-17(18(10-14)28-3)29-12-20(26)24-16-7-5-15(23)6-8-16/h4-11,13H,12H2,1-3H3,(H,24,26)/b19-11-. The first-order valence-electron chi connectivity index (χ1n) is 9.42. The minimum atomic E-state index is -0.393. The van der Waals surface area contributed by atoms with Crippen molar-refractivity contribution in [3.8, 4) is 11.5 Å². The normalized spacial score (nSPS) is 15.0. The van der Waals surface area contributed by atoms with Crippen LogP contribution in [0.2, 0.25) is 0 Å². The Labute approximate surface area is 189 Å². The molecule has 1 N–H and O–H groups in total. The zero-order valence-electron chi connectivity index (χ0n) is 17.2. The fourth-order valence-corrected chi connectivity index (χ4v) is 4.37. The number of rotatable bonds is 7. The lowest BCUT2D eigenvalue weighted by atomic mass is 10.1. The van der Waals surface area contributed by atoms with Gasteiger partial charge in [0.1, 0.15) is 10.1 Å². The van der Waals surface area contributed by atoms with Crippen LogP contribution in [0, 0.1) is 5.82 Å². The number of hydrogen-bond donors (Lipinski definition) is 1. The molecular weight excluding hydrogens is 439 g/mol. The highest BCUT2D eigenvalue weighted by atomic mass is 32.2. The van der Waals surface area contributed by atoms with E-state index in [-0.39, 0.29) is 24.4 Å². The number of ether oxygens (including phenoxy) is 2. The van der Waals surface area contributed by atoms with Gasteiger partial charge in [-0.15, -0.1) is 0 Å². The number of hydrogen-bond acceptors (Lipinski definition) is 6. The van der Waals surface area contributed by atoms with Crippen LogP contribution in [0.4, 0.5) is 10.1 Å². The van der Waals surface area contributed by atoms with Crippen molar-refractivity contribution < 1.29 is 23.5 Å². The van der Waals surface area contributed by atoms with Crippen LogP contribution in [0.1, 0.15) is 19.4 Å². The van der Waals surface area contributed by atoms with E-state index in [0.717, 1.165) is 5.56 Å². The first kappa shape index (κ1) is 22.8. The van der Waals surface area contributed by atoms with Crippen molar-refractivity contribution in [3.63, 3.8) is 0 Å². The summed E-state index contributed by atoms with van der Waals surface area (Å²) >= 11 is 6.55. The van der Waals surface area contributed by atoms with E-state index in [1.165, 1.54) is 43.1 Å². The van der Waals surface area contributed by atoms with Gasteiger partial charge in [0.05, 0.1) is 12.0 Å². The summed E-state index contributed by atoms with van der Waals surface area (Å²) in [6, 6.07) is 10.6. The van der Waals surface area contributed by atoms with E-state index in [4.69, 9.17) is 21.7 Å². The summed E-state index contributed by atoms with van der Waals surface area (Å²) in [7, 11) is 1.49. The third kappa shape index (κ3) is 5.62. The summed E-state index contributed by atoms with van der Waals surface area (Å²) in [5, 5.41) is 2.62. The van der Waals surface area contributed by atoms with Crippen LogP contribution < -0.4 is 14.8 Å². The van der Waals surface area contributed by atoms with E-state index in [1.807, 2.05) is 13.8 Å². The number of benzene rings is 2. The minimum absolute atomic E-state index is 0.00947. The van der Waals surface area contributed by atoms with Crippen LogP contribution >= 0.6 is 24.0 Å². The Balaban J connectivity index is 1.67. The SMILES string of the molecule is COc1cc(/C=C2\SC(=S)N(C(C)C)C2=O)ccc1OCC(=O)Nc1ccc(F)cc1. The zero-order chi connectivity index (χ0) is 22.5. The lowest BCUT2D eigenvalue weighted by molar-refractivity contribution is -0.123. The quantitative estimate of drug-likeness (QED) is 0.486. The van der Waals surface area contributed by atoms with E-state index in [1.54, 1.807) is 29.2 Å². The Hall–Kier alpha value is -2.91. The molecule has 2 amide bonds. The summed E-state index contributed by atoms with van der Waals surface area (Å²) in [4.78, 5) is 26.8. The van der Waals surface area contributed by atoms with Crippen LogP contribution in [0.3, 0.4) is 0 Å². The van der Waals surface area contributed by atoms with Gasteiger partial charge in [-0.2, -0.15) is 0 Å². The molecule has 0 saturated carbocycles. The number of nitrogens with zero attached hydrogens (tertiary/aromatic N) is 1. The Morgan fingerprint density at radius 2 is 1.94 bits per heavy atom. The van der Waals surface area contributed by atoms with Crippen LogP contribution in [0.15, 0.2) is 47.4 Å². The maximum absolute atomic E-state index is 12.9. The lowest BCUT2D eigenvalue weighted by Gasteiger charge is -2.18. The largest absolute Gasteiger partial charge is 0.493 e. The van der Waals surface area contributed by atoms with Gasteiger partial charge in [-0.25, -0.2) is 4.39 Å². The van der Waals surface area contributed by atoms with Crippen molar-refractivity contribution in [2.24, 2.45) is 0 Å². The number of halogens is 1. The molecule has 31 heavy (non-hydrogen) atoms. The van der Waals surface area contributed by atoms with Crippen LogP contribution in [-0.4, -0.2) is 40.8 Å². The second kappa shape index (κ2) is 9.93. The molecule has 0 radical (unpaired) electrons. The highest BCUT2D eigenvalue weighted by Gasteiger charge is 2.33. The highest BCUT2D eigenvalue weighted by molar-refractivity contribution is 8.26. The monoisotopic (exact) mass is 460 g/mol. The van der Waals surface area contributed by atoms with Gasteiger partial charge in [-0.1, -0.05) is 30.0 Å². The molecule has 3 rings (SSSR count). The van der Waals surface area contributed by atoms with Gasteiger partial charge in [0.2, 0.25) is 0 Å². The smallest absolute Gasteiger partial charge is 0.266 e. The number of thiocarbonyl (C=S) groups is 1. The average molecular weight is 461 g/mol. The number of methoxy groups -OCH3 is 1. The van der Waals surface area contributed by atoms with Gasteiger partial charge in [-0.05, 0) is 61.9 Å². The first-order chi connectivity index (χ1) is 14.8. The predicted molar refractivity (Wildman–Crippen MR) is 124 cm³/mol. The van der Waals surface area contributed by atoms with Gasteiger partial charge in [-0.3, -0.25) is 14.5 Å². The summed E-state index contributed by atoms with van der Waals surface area (Å²) in [6.07, 6.45) is 1.75. The van der Waals surface area contributed by atoms with Crippen molar-refractivity contribution in [2.45, 2.75) is 19.9 Å². The highest BCUT2D eigenvalue weighted by Crippen LogP contribution is 2.35. The molecule has 1 aliphatic rings. The topological polar surface area (TPSA) is 67.9 Å². The van der Waals surface area contributed by atoms with Crippen LogP contribution in [0.5, 0.6) is 11.5 Å². The second-order valence-corrected chi connectivity index (χ2v) is 8.58. The number of carbonyl (C=O) groups is 2. The van der Waals surface area contributed by atoms with Gasteiger partial charge in [0.25, 0.3) is 11.8 Å². The molecule has 0 bridgehead atoms. The van der Waals surface area contributed by atoms with Gasteiger partial charge in [0.15, 0.2) is 18.1 Å². The number of nitrogens with one attached hydrogen (secondary N) is 1. The maximum Gasteiger partial charge on any atom is 0.266 e. The number of anilines is 1. The van der Waals surface area contributed by atoms with E-state index in [0.29, 0.717) is 26.4 Å². The average Bonchev–Trinajstić information content (AvgIpc) is 3.01. The molecule has 2 aromatic rings. The molecule has 0 aromatic heterocycles. The molecule has 0 atom stereocenters. The second-order valence-electron chi connectivity index (χ2n) is 6.90. The van der Waals surface area contributed by atoms with E-state index in [9.17, 15) is 14.0 Å². The summed E-state index contributed by atoms with van der Waals surface area (Å²) in [5.74, 6) is -0.103. The molecule has 1 saturated heterocycles. The Morgan fingerprint density at radius 1 is 1.23 bits per heavy atom. The molecule has 0 spiro atoms.